The highest BCUT2D eigenvalue weighted by Crippen LogP contribution is 2.52. The number of carbonyl (C=O) groups excluding carboxylic acids is 2. The van der Waals surface area contributed by atoms with Gasteiger partial charge in [-0.2, -0.15) is 0 Å². The van der Waals surface area contributed by atoms with Gasteiger partial charge in [-0.15, -0.1) is 0 Å². The summed E-state index contributed by atoms with van der Waals surface area (Å²) in [5.74, 6) is -0.144. The minimum absolute atomic E-state index is 0.0271. The number of ether oxygens (including phenoxy) is 2. The van der Waals surface area contributed by atoms with Crippen molar-refractivity contribution in [2.24, 2.45) is 10.4 Å². The smallest absolute Gasteiger partial charge is 0.333 e. The monoisotopic (exact) mass is 330 g/mol. The van der Waals surface area contributed by atoms with Gasteiger partial charge in [0.2, 0.25) is 5.78 Å². The van der Waals surface area contributed by atoms with Crippen molar-refractivity contribution in [3.05, 3.63) is 35.1 Å². The maximum absolute atomic E-state index is 12.2. The number of likely N-dealkylation sites (tertiary alicyclic amines) is 1. The molecule has 2 heterocycles. The molecule has 3 rings (SSSR count). The molecule has 0 aromatic rings. The molecule has 2 aliphatic heterocycles. The number of hydrogen-bond donors (Lipinski definition) is 0. The van der Waals surface area contributed by atoms with Crippen LogP contribution in [0.4, 0.5) is 0 Å². The average Bonchev–Trinajstić information content (AvgIpc) is 3.06. The lowest BCUT2D eigenvalue weighted by Crippen LogP contribution is -2.34. The summed E-state index contributed by atoms with van der Waals surface area (Å²) in [5.41, 5.74) is 2.07. The molecule has 6 heteroatoms. The first kappa shape index (κ1) is 16.6. The molecule has 1 saturated heterocycles. The topological polar surface area (TPSA) is 68.2 Å². The van der Waals surface area contributed by atoms with Crippen molar-refractivity contribution < 1.29 is 19.1 Å². The normalized spacial score (nSPS) is 29.5. The standard InChI is InChI=1S/C18H22N2O4/c1-11(16(22)24-4)5-6-18-7-8-20(2)17(18)19-13-10-15(23-3)14(21)9-12(13)18/h5,9-10,17H,6-8H2,1-4H3/b11-5+/t17-,18-/m0/s1. The predicted octanol–water partition coefficient (Wildman–Crippen LogP) is 1.64. The Hall–Kier alpha value is -2.21. The molecule has 0 aromatic heterocycles. The Morgan fingerprint density at radius 1 is 1.46 bits per heavy atom. The van der Waals surface area contributed by atoms with E-state index in [-0.39, 0.29) is 23.3 Å². The number of carbonyl (C=O) groups is 2. The summed E-state index contributed by atoms with van der Waals surface area (Å²) in [5, 5.41) is 0. The molecule has 2 atom stereocenters. The predicted molar refractivity (Wildman–Crippen MR) is 89.5 cm³/mol. The number of methoxy groups -OCH3 is 2. The van der Waals surface area contributed by atoms with Gasteiger partial charge in [0, 0.05) is 23.6 Å². The number of fused-ring (bicyclic) bond motifs is 3. The van der Waals surface area contributed by atoms with Crippen LogP contribution in [0.15, 0.2) is 40.1 Å². The molecular formula is C18H22N2O4. The second-order valence-electron chi connectivity index (χ2n) is 6.49. The number of esters is 1. The fraction of sp³-hybridized carbons (Fsp3) is 0.500. The van der Waals surface area contributed by atoms with E-state index < -0.39 is 0 Å². The molecule has 1 aliphatic carbocycles. The molecule has 6 nitrogen and oxygen atoms in total. The number of aliphatic imine (C=N–C) groups is 1. The van der Waals surface area contributed by atoms with Crippen LogP contribution in [0.1, 0.15) is 19.8 Å². The van der Waals surface area contributed by atoms with Crippen molar-refractivity contribution in [2.45, 2.75) is 25.9 Å². The van der Waals surface area contributed by atoms with E-state index >= 15 is 0 Å². The summed E-state index contributed by atoms with van der Waals surface area (Å²) in [4.78, 5) is 30.9. The van der Waals surface area contributed by atoms with Gasteiger partial charge in [-0.25, -0.2) is 4.79 Å². The van der Waals surface area contributed by atoms with E-state index in [9.17, 15) is 9.59 Å². The molecule has 0 unspecified atom stereocenters. The largest absolute Gasteiger partial charge is 0.493 e. The van der Waals surface area contributed by atoms with Crippen molar-refractivity contribution in [3.63, 3.8) is 0 Å². The highest BCUT2D eigenvalue weighted by Gasteiger charge is 2.54. The number of rotatable bonds is 4. The molecular weight excluding hydrogens is 308 g/mol. The summed E-state index contributed by atoms with van der Waals surface area (Å²) < 4.78 is 9.91. The van der Waals surface area contributed by atoms with E-state index in [0.717, 1.165) is 24.3 Å². The van der Waals surface area contributed by atoms with Crippen molar-refractivity contribution in [1.29, 1.82) is 0 Å². The zero-order valence-electron chi connectivity index (χ0n) is 14.5. The van der Waals surface area contributed by atoms with Crippen LogP contribution in [0.2, 0.25) is 0 Å². The first-order chi connectivity index (χ1) is 11.4. The van der Waals surface area contributed by atoms with Crippen LogP contribution in [-0.2, 0) is 19.1 Å². The second kappa shape index (κ2) is 6.02. The third-order valence-corrected chi connectivity index (χ3v) is 5.18. The highest BCUT2D eigenvalue weighted by atomic mass is 16.5. The van der Waals surface area contributed by atoms with Gasteiger partial charge in [0.05, 0.1) is 19.9 Å². The van der Waals surface area contributed by atoms with Crippen molar-refractivity contribution in [2.75, 3.05) is 27.8 Å². The molecule has 0 aromatic carbocycles. The van der Waals surface area contributed by atoms with Crippen LogP contribution in [0, 0.1) is 5.41 Å². The number of nitrogens with zero attached hydrogens (tertiary/aromatic N) is 2. The minimum atomic E-state index is -0.330. The first-order valence-corrected chi connectivity index (χ1v) is 7.98. The lowest BCUT2D eigenvalue weighted by molar-refractivity contribution is -0.136. The molecule has 0 spiro atoms. The number of hydrogen-bond acceptors (Lipinski definition) is 6. The molecule has 0 radical (unpaired) electrons. The maximum Gasteiger partial charge on any atom is 0.333 e. The average molecular weight is 330 g/mol. The van der Waals surface area contributed by atoms with Gasteiger partial charge < -0.3 is 9.47 Å². The van der Waals surface area contributed by atoms with Crippen LogP contribution in [0.25, 0.3) is 0 Å². The molecule has 24 heavy (non-hydrogen) atoms. The van der Waals surface area contributed by atoms with Crippen molar-refractivity contribution in [1.82, 2.24) is 4.90 Å². The third kappa shape index (κ3) is 2.41. The van der Waals surface area contributed by atoms with Crippen LogP contribution >= 0.6 is 0 Å². The SMILES string of the molecule is COC(=O)/C(C)=C/C[C@@]12CCN(C)[C@@H]1N=C1C=C(OC)C(=O)C=C12. The van der Waals surface area contributed by atoms with E-state index in [1.165, 1.54) is 14.2 Å². The van der Waals surface area contributed by atoms with Gasteiger partial charge in [0.15, 0.2) is 5.76 Å². The minimum Gasteiger partial charge on any atom is -0.493 e. The Balaban J connectivity index is 1.98. The summed E-state index contributed by atoms with van der Waals surface area (Å²) >= 11 is 0. The maximum atomic E-state index is 12.2. The van der Waals surface area contributed by atoms with Crippen LogP contribution in [0.3, 0.4) is 0 Å². The molecule has 128 valence electrons. The van der Waals surface area contributed by atoms with Gasteiger partial charge in [0.25, 0.3) is 0 Å². The van der Waals surface area contributed by atoms with Gasteiger partial charge in [-0.1, -0.05) is 6.08 Å². The van der Waals surface area contributed by atoms with Gasteiger partial charge in [0.1, 0.15) is 6.17 Å². The van der Waals surface area contributed by atoms with Gasteiger partial charge in [-0.3, -0.25) is 14.7 Å². The Morgan fingerprint density at radius 3 is 2.88 bits per heavy atom. The Labute approximate surface area is 141 Å². The Morgan fingerprint density at radius 2 is 2.21 bits per heavy atom. The first-order valence-electron chi connectivity index (χ1n) is 7.98. The molecule has 0 N–H and O–H groups in total. The zero-order chi connectivity index (χ0) is 17.5. The van der Waals surface area contributed by atoms with Crippen LogP contribution in [-0.4, -0.2) is 56.3 Å². The summed E-state index contributed by atoms with van der Waals surface area (Å²) in [7, 11) is 4.90. The van der Waals surface area contributed by atoms with E-state index in [0.29, 0.717) is 17.8 Å². The van der Waals surface area contributed by atoms with Crippen LogP contribution < -0.4 is 0 Å². The Bertz CT molecular complexity index is 717. The lowest BCUT2D eigenvalue weighted by Gasteiger charge is -2.31. The fourth-order valence-corrected chi connectivity index (χ4v) is 3.79. The molecule has 0 bridgehead atoms. The van der Waals surface area contributed by atoms with Crippen molar-refractivity contribution >= 4 is 17.5 Å². The summed E-state index contributed by atoms with van der Waals surface area (Å²) in [6.45, 7) is 2.65. The van der Waals surface area contributed by atoms with E-state index in [4.69, 9.17) is 14.5 Å². The Kier molecular flexibility index (Phi) is 4.17. The zero-order valence-corrected chi connectivity index (χ0v) is 14.5. The third-order valence-electron chi connectivity index (χ3n) is 5.18. The van der Waals surface area contributed by atoms with Crippen molar-refractivity contribution in [3.8, 4) is 0 Å². The molecule has 0 saturated carbocycles. The fourth-order valence-electron chi connectivity index (χ4n) is 3.79. The van der Waals surface area contributed by atoms with E-state index in [1.807, 2.05) is 13.1 Å². The van der Waals surface area contributed by atoms with Gasteiger partial charge >= 0.3 is 5.97 Å². The van der Waals surface area contributed by atoms with E-state index in [2.05, 4.69) is 4.90 Å². The summed E-state index contributed by atoms with van der Waals surface area (Å²) in [6.07, 6.45) is 6.78. The van der Waals surface area contributed by atoms with E-state index in [1.54, 1.807) is 19.1 Å². The summed E-state index contributed by atoms with van der Waals surface area (Å²) in [6, 6.07) is 0. The lowest BCUT2D eigenvalue weighted by atomic mass is 9.72. The highest BCUT2D eigenvalue weighted by molar-refractivity contribution is 6.23. The van der Waals surface area contributed by atoms with Crippen LogP contribution in [0.5, 0.6) is 0 Å². The quantitative estimate of drug-likeness (QED) is 0.445. The molecule has 1 fully saturated rings. The second-order valence-corrected chi connectivity index (χ2v) is 6.49. The molecule has 3 aliphatic rings. The van der Waals surface area contributed by atoms with Gasteiger partial charge in [-0.05, 0) is 38.5 Å². The number of allylic oxidation sites excluding steroid dienone is 3. The number of ketones is 1. The molecule has 0 amide bonds.